The minimum atomic E-state index is -4.93. The molecular weight excluding hydrogens is 275 g/mol. The number of aromatic nitrogens is 1. The van der Waals surface area contributed by atoms with E-state index >= 15 is 0 Å². The molecule has 0 amide bonds. The lowest BCUT2D eigenvalue weighted by atomic mass is 10.0. The third-order valence-corrected chi connectivity index (χ3v) is 2.26. The molecule has 0 aromatic carbocycles. The van der Waals surface area contributed by atoms with E-state index in [-0.39, 0.29) is 6.07 Å². The van der Waals surface area contributed by atoms with Gasteiger partial charge in [-0.25, -0.2) is 18.6 Å². The zero-order valence-corrected chi connectivity index (χ0v) is 9.59. The molecule has 106 valence electrons. The van der Waals surface area contributed by atoms with Crippen molar-refractivity contribution in [2.75, 3.05) is 7.11 Å². The van der Waals surface area contributed by atoms with Crippen LogP contribution in [0.2, 0.25) is 0 Å². The minimum absolute atomic E-state index is 0.180. The van der Waals surface area contributed by atoms with Gasteiger partial charge in [-0.05, 0) is 6.07 Å². The van der Waals surface area contributed by atoms with Gasteiger partial charge in [-0.1, -0.05) is 0 Å². The lowest BCUT2D eigenvalue weighted by molar-refractivity contribution is -0.138. The zero-order chi connectivity index (χ0) is 14.8. The van der Waals surface area contributed by atoms with Crippen LogP contribution in [0, 0.1) is 0 Å². The summed E-state index contributed by atoms with van der Waals surface area (Å²) in [7, 11) is 0.895. The molecule has 1 heterocycles. The van der Waals surface area contributed by atoms with Crippen LogP contribution in [-0.2, 0) is 17.5 Å². The SMILES string of the molecule is COC(=O)c1nc(C(F)F)cc(C(F)(F)F)c1CN. The number of alkyl halides is 5. The molecule has 1 aromatic rings. The van der Waals surface area contributed by atoms with E-state index in [0.717, 1.165) is 7.11 Å². The lowest BCUT2D eigenvalue weighted by Gasteiger charge is -2.15. The summed E-state index contributed by atoms with van der Waals surface area (Å²) >= 11 is 0. The Labute approximate surface area is 104 Å². The Morgan fingerprint density at radius 2 is 2.05 bits per heavy atom. The number of esters is 1. The summed E-state index contributed by atoms with van der Waals surface area (Å²) < 4.78 is 67.5. The first kappa shape index (κ1) is 15.3. The van der Waals surface area contributed by atoms with Crippen molar-refractivity contribution in [3.63, 3.8) is 0 Å². The van der Waals surface area contributed by atoms with Gasteiger partial charge in [0.15, 0.2) is 5.69 Å². The molecule has 0 atom stereocenters. The number of halogens is 5. The normalized spacial score (nSPS) is 11.8. The predicted octanol–water partition coefficient (Wildman–Crippen LogP) is 2.28. The number of hydrogen-bond acceptors (Lipinski definition) is 4. The van der Waals surface area contributed by atoms with Crippen molar-refractivity contribution in [3.05, 3.63) is 28.6 Å². The summed E-state index contributed by atoms with van der Waals surface area (Å²) in [5.41, 5.74) is 1.02. The summed E-state index contributed by atoms with van der Waals surface area (Å²) in [5, 5.41) is 0. The maximum absolute atomic E-state index is 12.7. The quantitative estimate of drug-likeness (QED) is 0.683. The van der Waals surface area contributed by atoms with Gasteiger partial charge in [-0.2, -0.15) is 13.2 Å². The third kappa shape index (κ3) is 3.16. The highest BCUT2D eigenvalue weighted by atomic mass is 19.4. The summed E-state index contributed by atoms with van der Waals surface area (Å²) in [6, 6.07) is 0.180. The standard InChI is InChI=1S/C10H9F5N2O2/c1-19-9(18)7-4(3-16)5(10(13,14)15)2-6(17-7)8(11)12/h2,8H,3,16H2,1H3. The first-order chi connectivity index (χ1) is 8.72. The molecule has 0 saturated heterocycles. The van der Waals surface area contributed by atoms with Crippen LogP contribution in [-0.4, -0.2) is 18.1 Å². The van der Waals surface area contributed by atoms with E-state index in [0.29, 0.717) is 0 Å². The fourth-order valence-electron chi connectivity index (χ4n) is 1.43. The first-order valence-corrected chi connectivity index (χ1v) is 4.89. The Hall–Kier alpha value is -1.77. The van der Waals surface area contributed by atoms with Gasteiger partial charge >= 0.3 is 12.1 Å². The monoisotopic (exact) mass is 284 g/mol. The number of pyridine rings is 1. The van der Waals surface area contributed by atoms with E-state index in [2.05, 4.69) is 9.72 Å². The molecule has 0 radical (unpaired) electrons. The highest BCUT2D eigenvalue weighted by molar-refractivity contribution is 5.89. The van der Waals surface area contributed by atoms with Gasteiger partial charge in [-0.3, -0.25) is 0 Å². The molecule has 2 N–H and O–H groups in total. The van der Waals surface area contributed by atoms with Gasteiger partial charge in [0.2, 0.25) is 0 Å². The van der Waals surface area contributed by atoms with Crippen molar-refractivity contribution in [2.45, 2.75) is 19.1 Å². The molecule has 4 nitrogen and oxygen atoms in total. The number of carbonyl (C=O) groups is 1. The topological polar surface area (TPSA) is 65.2 Å². The molecule has 0 saturated carbocycles. The van der Waals surface area contributed by atoms with E-state index in [1.807, 2.05) is 0 Å². The van der Waals surface area contributed by atoms with Crippen LogP contribution in [0.25, 0.3) is 0 Å². The number of hydrogen-bond donors (Lipinski definition) is 1. The van der Waals surface area contributed by atoms with Gasteiger partial charge in [0.05, 0.1) is 12.7 Å². The zero-order valence-electron chi connectivity index (χ0n) is 9.59. The lowest BCUT2D eigenvalue weighted by Crippen LogP contribution is -2.20. The first-order valence-electron chi connectivity index (χ1n) is 4.89. The second-order valence-corrected chi connectivity index (χ2v) is 3.42. The number of ether oxygens (including phenoxy) is 1. The van der Waals surface area contributed by atoms with E-state index in [4.69, 9.17) is 5.73 Å². The van der Waals surface area contributed by atoms with Gasteiger partial charge in [0.1, 0.15) is 5.69 Å². The fourth-order valence-corrected chi connectivity index (χ4v) is 1.43. The van der Waals surface area contributed by atoms with Crippen LogP contribution < -0.4 is 5.73 Å². The van der Waals surface area contributed by atoms with Crippen molar-refractivity contribution >= 4 is 5.97 Å². The molecule has 1 aromatic heterocycles. The maximum Gasteiger partial charge on any atom is 0.416 e. The second-order valence-electron chi connectivity index (χ2n) is 3.42. The molecular formula is C10H9F5N2O2. The largest absolute Gasteiger partial charge is 0.464 e. The van der Waals surface area contributed by atoms with E-state index in [9.17, 15) is 26.7 Å². The summed E-state index contributed by atoms with van der Waals surface area (Å²) in [6.45, 7) is -0.685. The van der Waals surface area contributed by atoms with Crippen LogP contribution in [0.5, 0.6) is 0 Å². The molecule has 0 aliphatic heterocycles. The molecule has 0 bridgehead atoms. The molecule has 0 aliphatic carbocycles. The number of methoxy groups -OCH3 is 1. The number of nitrogens with two attached hydrogens (primary N) is 1. The van der Waals surface area contributed by atoms with Gasteiger partial charge < -0.3 is 10.5 Å². The Morgan fingerprint density at radius 3 is 2.42 bits per heavy atom. The van der Waals surface area contributed by atoms with Crippen LogP contribution >= 0.6 is 0 Å². The van der Waals surface area contributed by atoms with Crippen LogP contribution in [0.4, 0.5) is 22.0 Å². The Balaban J connectivity index is 3.61. The minimum Gasteiger partial charge on any atom is -0.464 e. The average Bonchev–Trinajstić information content (AvgIpc) is 2.34. The van der Waals surface area contributed by atoms with Crippen molar-refractivity contribution in [1.82, 2.24) is 4.98 Å². The molecule has 1 rings (SSSR count). The molecule has 19 heavy (non-hydrogen) atoms. The molecule has 0 fully saturated rings. The van der Waals surface area contributed by atoms with Crippen molar-refractivity contribution in [3.8, 4) is 0 Å². The molecule has 0 aliphatic rings. The highest BCUT2D eigenvalue weighted by Gasteiger charge is 2.37. The average molecular weight is 284 g/mol. The van der Waals surface area contributed by atoms with E-state index in [1.54, 1.807) is 0 Å². The van der Waals surface area contributed by atoms with Crippen LogP contribution in [0.3, 0.4) is 0 Å². The number of nitrogens with zero attached hydrogens (tertiary/aromatic N) is 1. The molecule has 0 spiro atoms. The Morgan fingerprint density at radius 1 is 1.47 bits per heavy atom. The van der Waals surface area contributed by atoms with Gasteiger partial charge in [-0.15, -0.1) is 0 Å². The van der Waals surface area contributed by atoms with Crippen LogP contribution in [0.1, 0.15) is 33.7 Å². The summed E-state index contributed by atoms with van der Waals surface area (Å²) in [5.74, 6) is -1.26. The second kappa shape index (κ2) is 5.47. The van der Waals surface area contributed by atoms with Gasteiger partial charge in [0.25, 0.3) is 6.43 Å². The molecule has 9 heteroatoms. The van der Waals surface area contributed by atoms with Gasteiger partial charge in [0, 0.05) is 12.1 Å². The highest BCUT2D eigenvalue weighted by Crippen LogP contribution is 2.35. The van der Waals surface area contributed by atoms with E-state index < -0.39 is 47.6 Å². The molecule has 0 unspecified atom stereocenters. The Bertz CT molecular complexity index is 488. The fraction of sp³-hybridized carbons (Fsp3) is 0.400. The van der Waals surface area contributed by atoms with Crippen molar-refractivity contribution < 1.29 is 31.5 Å². The van der Waals surface area contributed by atoms with E-state index in [1.165, 1.54) is 0 Å². The Kier molecular flexibility index (Phi) is 4.40. The number of carbonyl (C=O) groups excluding carboxylic acids is 1. The summed E-state index contributed by atoms with van der Waals surface area (Å²) in [4.78, 5) is 14.5. The van der Waals surface area contributed by atoms with Crippen LogP contribution in [0.15, 0.2) is 6.07 Å². The van der Waals surface area contributed by atoms with Crippen molar-refractivity contribution in [1.29, 1.82) is 0 Å². The third-order valence-electron chi connectivity index (χ3n) is 2.26. The summed E-state index contributed by atoms with van der Waals surface area (Å²) in [6.07, 6.45) is -8.18. The van der Waals surface area contributed by atoms with Crippen molar-refractivity contribution in [2.24, 2.45) is 5.73 Å². The smallest absolute Gasteiger partial charge is 0.416 e. The predicted molar refractivity (Wildman–Crippen MR) is 53.4 cm³/mol. The number of rotatable bonds is 3. The maximum atomic E-state index is 12.7.